The Balaban J connectivity index is 1.61. The Labute approximate surface area is 137 Å². The van der Waals surface area contributed by atoms with E-state index in [0.29, 0.717) is 5.91 Å². The summed E-state index contributed by atoms with van der Waals surface area (Å²) in [4.78, 5) is 25.4. The molecule has 0 aromatic carbocycles. The van der Waals surface area contributed by atoms with E-state index in [1.165, 1.54) is 18.2 Å². The average Bonchev–Trinajstić information content (AvgIpc) is 2.48. The summed E-state index contributed by atoms with van der Waals surface area (Å²) >= 11 is 5.03. The number of thioether (sulfide) groups is 1. The molecule has 1 amide bonds. The van der Waals surface area contributed by atoms with Gasteiger partial charge in [0.05, 0.1) is 10.4 Å². The van der Waals surface area contributed by atoms with Crippen LogP contribution in [0.15, 0.2) is 15.8 Å². The summed E-state index contributed by atoms with van der Waals surface area (Å²) < 4.78 is 0.893. The van der Waals surface area contributed by atoms with Crippen LogP contribution >= 0.6 is 27.7 Å². The van der Waals surface area contributed by atoms with Gasteiger partial charge in [0.1, 0.15) is 5.82 Å². The average molecular weight is 371 g/mol. The molecule has 1 aromatic rings. The largest absolute Gasteiger partial charge is 0.354 e. The van der Waals surface area contributed by atoms with E-state index in [4.69, 9.17) is 0 Å². The Kier molecular flexibility index (Phi) is 4.69. The maximum absolute atomic E-state index is 12.4. The van der Waals surface area contributed by atoms with E-state index in [1.807, 2.05) is 11.2 Å². The lowest BCUT2D eigenvalue weighted by atomic mass is 9.97. The zero-order chi connectivity index (χ0) is 14.8. The number of anilines is 1. The zero-order valence-corrected chi connectivity index (χ0v) is 14.5. The van der Waals surface area contributed by atoms with Crippen LogP contribution in [-0.4, -0.2) is 53.2 Å². The molecule has 0 N–H and O–H groups in total. The molecule has 3 heterocycles. The molecule has 1 aromatic heterocycles. The van der Waals surface area contributed by atoms with Gasteiger partial charge in [-0.05, 0) is 41.4 Å². The highest BCUT2D eigenvalue weighted by Gasteiger charge is 2.37. The first-order chi connectivity index (χ1) is 10.2. The number of hydrogen-bond acceptors (Lipinski definition) is 5. The van der Waals surface area contributed by atoms with Crippen LogP contribution < -0.4 is 4.90 Å². The maximum atomic E-state index is 12.4. The van der Waals surface area contributed by atoms with Crippen LogP contribution in [0.4, 0.5) is 5.82 Å². The third-order valence-electron chi connectivity index (χ3n) is 4.08. The van der Waals surface area contributed by atoms with Gasteiger partial charge in [-0.3, -0.25) is 4.79 Å². The van der Waals surface area contributed by atoms with Crippen LogP contribution in [0.25, 0.3) is 0 Å². The van der Waals surface area contributed by atoms with Crippen molar-refractivity contribution in [1.82, 2.24) is 14.9 Å². The first kappa shape index (κ1) is 15.1. The second-order valence-corrected chi connectivity index (χ2v) is 7.14. The fourth-order valence-corrected chi connectivity index (χ4v) is 3.62. The van der Waals surface area contributed by atoms with Crippen molar-refractivity contribution >= 4 is 39.4 Å². The van der Waals surface area contributed by atoms with Gasteiger partial charge in [0, 0.05) is 32.4 Å². The number of hydrogen-bond donors (Lipinski definition) is 0. The second-order valence-electron chi connectivity index (χ2n) is 5.52. The summed E-state index contributed by atoms with van der Waals surface area (Å²) in [5, 5.41) is 0.763. The summed E-state index contributed by atoms with van der Waals surface area (Å²) in [6.07, 6.45) is 7.30. The van der Waals surface area contributed by atoms with E-state index in [-0.39, 0.29) is 5.92 Å². The number of amides is 1. The van der Waals surface area contributed by atoms with Gasteiger partial charge in [0.25, 0.3) is 0 Å². The Morgan fingerprint density at radius 2 is 2.05 bits per heavy atom. The van der Waals surface area contributed by atoms with Gasteiger partial charge in [0.15, 0.2) is 5.16 Å². The first-order valence-electron chi connectivity index (χ1n) is 7.29. The summed E-state index contributed by atoms with van der Waals surface area (Å²) in [5.74, 6) is 1.35. The minimum Gasteiger partial charge on any atom is -0.354 e. The lowest BCUT2D eigenvalue weighted by molar-refractivity contribution is -0.137. The molecule has 0 bridgehead atoms. The number of carbonyl (C=O) groups is 1. The van der Waals surface area contributed by atoms with E-state index in [1.54, 1.807) is 6.20 Å². The van der Waals surface area contributed by atoms with Crippen molar-refractivity contribution < 1.29 is 4.79 Å². The molecular weight excluding hydrogens is 352 g/mol. The molecule has 114 valence electrons. The molecule has 3 rings (SSSR count). The summed E-state index contributed by atoms with van der Waals surface area (Å²) in [6.45, 7) is 3.39. The smallest absolute Gasteiger partial charge is 0.229 e. The number of piperidine rings is 1. The monoisotopic (exact) mass is 370 g/mol. The van der Waals surface area contributed by atoms with E-state index in [0.717, 1.165) is 54.5 Å². The molecule has 0 spiro atoms. The number of likely N-dealkylation sites (tertiary alicyclic amines) is 1. The Bertz CT molecular complexity index is 530. The van der Waals surface area contributed by atoms with Gasteiger partial charge >= 0.3 is 0 Å². The minimum atomic E-state index is 0.127. The Morgan fingerprint density at radius 1 is 1.33 bits per heavy atom. The van der Waals surface area contributed by atoms with Crippen LogP contribution in [0, 0.1) is 5.92 Å². The number of rotatable bonds is 3. The van der Waals surface area contributed by atoms with E-state index in [9.17, 15) is 4.79 Å². The molecule has 0 atom stereocenters. The number of carbonyl (C=O) groups excluding carboxylic acids is 1. The predicted octanol–water partition coefficient (Wildman–Crippen LogP) is 2.41. The fourth-order valence-electron chi connectivity index (χ4n) is 2.84. The molecule has 2 aliphatic rings. The standard InChI is InChI=1S/C14H19BrN4OS/c1-21-14-16-7-11(15)12(17-14)19-8-10(9-19)13(20)18-5-3-2-4-6-18/h7,10H,2-6,8-9H2,1H3. The summed E-state index contributed by atoms with van der Waals surface area (Å²) in [5.41, 5.74) is 0. The molecule has 0 aliphatic carbocycles. The van der Waals surface area contributed by atoms with Crippen molar-refractivity contribution in [3.05, 3.63) is 10.7 Å². The quantitative estimate of drug-likeness (QED) is 0.603. The Morgan fingerprint density at radius 3 is 2.71 bits per heavy atom. The maximum Gasteiger partial charge on any atom is 0.229 e. The van der Waals surface area contributed by atoms with Crippen LogP contribution in [-0.2, 0) is 4.79 Å². The molecule has 0 saturated carbocycles. The van der Waals surface area contributed by atoms with Gasteiger partial charge in [-0.25, -0.2) is 9.97 Å². The molecule has 0 unspecified atom stereocenters. The van der Waals surface area contributed by atoms with Crippen molar-refractivity contribution in [2.24, 2.45) is 5.92 Å². The number of nitrogens with zero attached hydrogens (tertiary/aromatic N) is 4. The van der Waals surface area contributed by atoms with E-state index in [2.05, 4.69) is 30.8 Å². The highest BCUT2D eigenvalue weighted by atomic mass is 79.9. The molecule has 7 heteroatoms. The molecule has 21 heavy (non-hydrogen) atoms. The third kappa shape index (κ3) is 3.18. The van der Waals surface area contributed by atoms with Crippen molar-refractivity contribution in [2.45, 2.75) is 24.4 Å². The van der Waals surface area contributed by atoms with Crippen LogP contribution in [0.3, 0.4) is 0 Å². The lowest BCUT2D eigenvalue weighted by Gasteiger charge is -2.42. The van der Waals surface area contributed by atoms with Gasteiger partial charge < -0.3 is 9.80 Å². The second kappa shape index (κ2) is 6.52. The highest BCUT2D eigenvalue weighted by Crippen LogP contribution is 2.31. The topological polar surface area (TPSA) is 49.3 Å². The van der Waals surface area contributed by atoms with Crippen LogP contribution in [0.1, 0.15) is 19.3 Å². The fraction of sp³-hybridized carbons (Fsp3) is 0.643. The van der Waals surface area contributed by atoms with Gasteiger partial charge in [0.2, 0.25) is 5.91 Å². The molecule has 2 saturated heterocycles. The normalized spacial score (nSPS) is 19.5. The van der Waals surface area contributed by atoms with Crippen molar-refractivity contribution in [3.8, 4) is 0 Å². The Hall–Kier alpha value is -0.820. The molecule has 0 radical (unpaired) electrons. The number of aromatic nitrogens is 2. The zero-order valence-electron chi connectivity index (χ0n) is 12.1. The summed E-state index contributed by atoms with van der Waals surface area (Å²) in [7, 11) is 0. The van der Waals surface area contributed by atoms with Crippen molar-refractivity contribution in [2.75, 3.05) is 37.3 Å². The molecular formula is C14H19BrN4OS. The summed E-state index contributed by atoms with van der Waals surface area (Å²) in [6, 6.07) is 0. The lowest BCUT2D eigenvalue weighted by Crippen LogP contribution is -2.55. The van der Waals surface area contributed by atoms with Gasteiger partial charge in [-0.2, -0.15) is 0 Å². The highest BCUT2D eigenvalue weighted by molar-refractivity contribution is 9.10. The van der Waals surface area contributed by atoms with E-state index >= 15 is 0 Å². The molecule has 2 fully saturated rings. The van der Waals surface area contributed by atoms with Crippen LogP contribution in [0.5, 0.6) is 0 Å². The minimum absolute atomic E-state index is 0.127. The van der Waals surface area contributed by atoms with Gasteiger partial charge in [-0.15, -0.1) is 0 Å². The van der Waals surface area contributed by atoms with Crippen LogP contribution in [0.2, 0.25) is 0 Å². The molecule has 5 nitrogen and oxygen atoms in total. The SMILES string of the molecule is CSc1ncc(Br)c(N2CC(C(=O)N3CCCCC3)C2)n1. The van der Waals surface area contributed by atoms with Gasteiger partial charge in [-0.1, -0.05) is 11.8 Å². The van der Waals surface area contributed by atoms with E-state index < -0.39 is 0 Å². The third-order valence-corrected chi connectivity index (χ3v) is 5.21. The predicted molar refractivity (Wildman–Crippen MR) is 87.6 cm³/mol. The first-order valence-corrected chi connectivity index (χ1v) is 9.31. The molecule has 2 aliphatic heterocycles. The van der Waals surface area contributed by atoms with Crippen molar-refractivity contribution in [1.29, 1.82) is 0 Å². The van der Waals surface area contributed by atoms with Crippen molar-refractivity contribution in [3.63, 3.8) is 0 Å². The number of halogens is 1.